The van der Waals surface area contributed by atoms with Crippen LogP contribution in [0.4, 0.5) is 0 Å². The van der Waals surface area contributed by atoms with E-state index in [0.717, 1.165) is 17.4 Å². The second-order valence-corrected chi connectivity index (χ2v) is 5.40. The molecule has 112 valence electrons. The fraction of sp³-hybridized carbons (Fsp3) is 0.222. The first kappa shape index (κ1) is 14.3. The molecule has 1 aliphatic rings. The van der Waals surface area contributed by atoms with Crippen molar-refractivity contribution in [2.75, 3.05) is 7.05 Å². The predicted molar refractivity (Wildman–Crippen MR) is 83.6 cm³/mol. The summed E-state index contributed by atoms with van der Waals surface area (Å²) in [6.07, 6.45) is 0.667. The molecule has 0 radical (unpaired) electrons. The second-order valence-electron chi connectivity index (χ2n) is 5.40. The number of aldehydes is 1. The molecule has 0 aliphatic carbocycles. The van der Waals surface area contributed by atoms with Gasteiger partial charge in [0, 0.05) is 24.1 Å². The van der Waals surface area contributed by atoms with E-state index in [1.54, 1.807) is 13.1 Å². The highest BCUT2D eigenvalue weighted by Crippen LogP contribution is 2.44. The van der Waals surface area contributed by atoms with Crippen molar-refractivity contribution in [1.82, 2.24) is 5.32 Å². The molecule has 1 aliphatic heterocycles. The summed E-state index contributed by atoms with van der Waals surface area (Å²) in [5, 5.41) is 2.60. The zero-order chi connectivity index (χ0) is 15.7. The Morgan fingerprint density at radius 3 is 2.59 bits per heavy atom. The molecule has 4 heteroatoms. The number of fused-ring (bicyclic) bond motifs is 1. The zero-order valence-corrected chi connectivity index (χ0v) is 12.5. The highest BCUT2D eigenvalue weighted by Gasteiger charge is 2.35. The Morgan fingerprint density at radius 1 is 1.23 bits per heavy atom. The smallest absolute Gasteiger partial charge is 0.254 e. The number of benzene rings is 2. The highest BCUT2D eigenvalue weighted by molar-refractivity contribution is 5.99. The maximum Gasteiger partial charge on any atom is 0.254 e. The van der Waals surface area contributed by atoms with Crippen LogP contribution in [0.2, 0.25) is 0 Å². The van der Waals surface area contributed by atoms with Gasteiger partial charge in [0.2, 0.25) is 0 Å². The van der Waals surface area contributed by atoms with Crippen LogP contribution in [0.15, 0.2) is 42.5 Å². The number of hydrogen-bond donors (Lipinski definition) is 1. The molecular formula is C18H17NO3. The lowest BCUT2D eigenvalue weighted by molar-refractivity contribution is 0.0958. The number of hydrogen-bond acceptors (Lipinski definition) is 3. The Morgan fingerprint density at radius 2 is 1.95 bits per heavy atom. The van der Waals surface area contributed by atoms with Gasteiger partial charge in [-0.15, -0.1) is 0 Å². The van der Waals surface area contributed by atoms with E-state index in [4.69, 9.17) is 4.74 Å². The van der Waals surface area contributed by atoms with Crippen LogP contribution >= 0.6 is 0 Å². The third-order valence-corrected chi connectivity index (χ3v) is 4.01. The Hall–Kier alpha value is -2.62. The highest BCUT2D eigenvalue weighted by atomic mass is 16.5. The van der Waals surface area contributed by atoms with Crippen molar-refractivity contribution in [2.45, 2.75) is 18.9 Å². The van der Waals surface area contributed by atoms with Gasteiger partial charge in [0.05, 0.1) is 5.56 Å². The molecule has 2 atom stereocenters. The molecule has 1 N–H and O–H groups in total. The van der Waals surface area contributed by atoms with Crippen LogP contribution in [-0.2, 0) is 0 Å². The van der Waals surface area contributed by atoms with Gasteiger partial charge in [-0.1, -0.05) is 30.3 Å². The minimum absolute atomic E-state index is 0.0134. The predicted octanol–water partition coefficient (Wildman–Crippen LogP) is 2.77. The summed E-state index contributed by atoms with van der Waals surface area (Å²) in [4.78, 5) is 23.3. The van der Waals surface area contributed by atoms with Gasteiger partial charge < -0.3 is 10.1 Å². The normalized spacial score (nSPS) is 19.2. The fourth-order valence-electron chi connectivity index (χ4n) is 3.03. The van der Waals surface area contributed by atoms with E-state index < -0.39 is 0 Å². The van der Waals surface area contributed by atoms with Crippen molar-refractivity contribution < 1.29 is 14.3 Å². The summed E-state index contributed by atoms with van der Waals surface area (Å²) in [5.74, 6) is 0.340. The second kappa shape index (κ2) is 5.64. The number of nitrogens with one attached hydrogen (secondary N) is 1. The number of carbonyl (C=O) groups is 2. The van der Waals surface area contributed by atoms with Crippen molar-refractivity contribution in [1.29, 1.82) is 0 Å². The van der Waals surface area contributed by atoms with Gasteiger partial charge in [-0.2, -0.15) is 0 Å². The van der Waals surface area contributed by atoms with Crippen molar-refractivity contribution >= 4 is 12.2 Å². The van der Waals surface area contributed by atoms with E-state index in [0.29, 0.717) is 16.9 Å². The van der Waals surface area contributed by atoms with Gasteiger partial charge in [-0.05, 0) is 24.6 Å². The van der Waals surface area contributed by atoms with Crippen molar-refractivity contribution in [2.24, 2.45) is 0 Å². The molecule has 1 unspecified atom stereocenters. The molecule has 1 heterocycles. The van der Waals surface area contributed by atoms with E-state index in [2.05, 4.69) is 5.32 Å². The lowest BCUT2D eigenvalue weighted by Gasteiger charge is -2.15. The molecule has 3 rings (SSSR count). The molecular weight excluding hydrogens is 278 g/mol. The Kier molecular flexibility index (Phi) is 3.67. The summed E-state index contributed by atoms with van der Waals surface area (Å²) in [7, 11) is 1.56. The van der Waals surface area contributed by atoms with Crippen LogP contribution in [0.25, 0.3) is 0 Å². The van der Waals surface area contributed by atoms with Crippen molar-refractivity contribution in [3.63, 3.8) is 0 Å². The third kappa shape index (κ3) is 2.26. The SMILES string of the molecule is CNC(=O)c1cc(C=O)cc2c1OC(C)[C@H]2c1ccccc1. The van der Waals surface area contributed by atoms with E-state index in [9.17, 15) is 9.59 Å². The van der Waals surface area contributed by atoms with Gasteiger partial charge in [0.25, 0.3) is 5.91 Å². The summed E-state index contributed by atoms with van der Waals surface area (Å²) in [6.45, 7) is 1.98. The number of carbonyl (C=O) groups excluding carboxylic acids is 2. The van der Waals surface area contributed by atoms with Crippen molar-refractivity contribution in [3.05, 3.63) is 64.7 Å². The monoisotopic (exact) mass is 295 g/mol. The van der Waals surface area contributed by atoms with E-state index in [1.165, 1.54) is 0 Å². The van der Waals surface area contributed by atoms with Crippen LogP contribution < -0.4 is 10.1 Å². The fourth-order valence-corrected chi connectivity index (χ4v) is 3.03. The molecule has 0 aromatic heterocycles. The lowest BCUT2D eigenvalue weighted by Crippen LogP contribution is -2.19. The first-order valence-corrected chi connectivity index (χ1v) is 7.22. The molecule has 0 spiro atoms. The van der Waals surface area contributed by atoms with Crippen LogP contribution in [0.5, 0.6) is 5.75 Å². The molecule has 0 bridgehead atoms. The lowest BCUT2D eigenvalue weighted by atomic mass is 9.87. The van der Waals surface area contributed by atoms with Crippen molar-refractivity contribution in [3.8, 4) is 5.75 Å². The molecule has 2 aromatic carbocycles. The molecule has 0 fully saturated rings. The number of rotatable bonds is 3. The van der Waals surface area contributed by atoms with Crippen LogP contribution in [0.3, 0.4) is 0 Å². The summed E-state index contributed by atoms with van der Waals surface area (Å²) >= 11 is 0. The standard InChI is InChI=1S/C18H17NO3/c1-11-16(13-6-4-3-5-7-13)14-8-12(10-20)9-15(17(14)22-11)18(21)19-2/h3-11,16H,1-2H3,(H,19,21)/t11?,16-/m0/s1. The summed E-state index contributed by atoms with van der Waals surface area (Å²) in [6, 6.07) is 13.4. The quantitative estimate of drug-likeness (QED) is 0.886. The third-order valence-electron chi connectivity index (χ3n) is 4.01. The molecule has 22 heavy (non-hydrogen) atoms. The van der Waals surface area contributed by atoms with Crippen LogP contribution in [0.1, 0.15) is 44.7 Å². The van der Waals surface area contributed by atoms with E-state index in [1.807, 2.05) is 43.3 Å². The average Bonchev–Trinajstić information content (AvgIpc) is 2.89. The molecule has 0 saturated heterocycles. The molecule has 4 nitrogen and oxygen atoms in total. The molecule has 0 saturated carbocycles. The summed E-state index contributed by atoms with van der Waals surface area (Å²) in [5.41, 5.74) is 2.89. The Labute approximate surface area is 129 Å². The van der Waals surface area contributed by atoms with Gasteiger partial charge in [-0.25, -0.2) is 0 Å². The van der Waals surface area contributed by atoms with Crippen LogP contribution in [-0.4, -0.2) is 25.3 Å². The van der Waals surface area contributed by atoms with E-state index >= 15 is 0 Å². The van der Waals surface area contributed by atoms with Crippen LogP contribution in [0, 0.1) is 0 Å². The first-order chi connectivity index (χ1) is 10.7. The van der Waals surface area contributed by atoms with E-state index in [-0.39, 0.29) is 17.9 Å². The van der Waals surface area contributed by atoms with Gasteiger partial charge in [0.1, 0.15) is 18.1 Å². The molecule has 1 amide bonds. The number of amides is 1. The zero-order valence-electron chi connectivity index (χ0n) is 12.5. The maximum atomic E-state index is 12.1. The average molecular weight is 295 g/mol. The van der Waals surface area contributed by atoms with Gasteiger partial charge in [0.15, 0.2) is 0 Å². The van der Waals surface area contributed by atoms with Gasteiger partial charge in [-0.3, -0.25) is 9.59 Å². The minimum atomic E-state index is -0.249. The maximum absolute atomic E-state index is 12.1. The van der Waals surface area contributed by atoms with Gasteiger partial charge >= 0.3 is 0 Å². The Bertz CT molecular complexity index is 725. The topological polar surface area (TPSA) is 55.4 Å². The Balaban J connectivity index is 2.19. The first-order valence-electron chi connectivity index (χ1n) is 7.22. The largest absolute Gasteiger partial charge is 0.489 e. The summed E-state index contributed by atoms with van der Waals surface area (Å²) < 4.78 is 5.95. The number of ether oxygens (including phenoxy) is 1. The molecule has 2 aromatic rings. The minimum Gasteiger partial charge on any atom is -0.489 e.